The van der Waals surface area contributed by atoms with Gasteiger partial charge in [0.25, 0.3) is 5.92 Å². The highest BCUT2D eigenvalue weighted by molar-refractivity contribution is 5.97. The Hall–Kier alpha value is -3.20. The van der Waals surface area contributed by atoms with Crippen molar-refractivity contribution in [3.63, 3.8) is 0 Å². The molecule has 1 unspecified atom stereocenters. The molecular weight excluding hydrogens is 460 g/mol. The zero-order valence-corrected chi connectivity index (χ0v) is 18.8. The Kier molecular flexibility index (Phi) is 6.13. The summed E-state index contributed by atoms with van der Waals surface area (Å²) in [6.45, 7) is 0.377. The quantitative estimate of drug-likeness (QED) is 0.330. The van der Waals surface area contributed by atoms with Gasteiger partial charge in [0.2, 0.25) is 0 Å². The summed E-state index contributed by atoms with van der Waals surface area (Å²) in [5, 5.41) is 11.4. The fourth-order valence-electron chi connectivity index (χ4n) is 4.53. The molecule has 3 N–H and O–H groups in total. The molecular formula is C27H24F4N2O2. The molecule has 0 saturated carbocycles. The number of furan rings is 1. The van der Waals surface area contributed by atoms with Gasteiger partial charge in [-0.15, -0.1) is 0 Å². The maximum absolute atomic E-state index is 14.7. The van der Waals surface area contributed by atoms with Gasteiger partial charge < -0.3 is 15.3 Å². The van der Waals surface area contributed by atoms with Gasteiger partial charge in [-0.25, -0.2) is 17.6 Å². The first-order chi connectivity index (χ1) is 16.7. The molecule has 8 heteroatoms. The van der Waals surface area contributed by atoms with Crippen molar-refractivity contribution in [3.05, 3.63) is 83.6 Å². The Balaban J connectivity index is 1.51. The Labute approximate surface area is 199 Å². The second kappa shape index (κ2) is 9.11. The number of hydrogen-bond donors (Lipinski definition) is 2. The van der Waals surface area contributed by atoms with E-state index in [2.05, 4.69) is 0 Å². The van der Waals surface area contributed by atoms with Gasteiger partial charge in [-0.05, 0) is 53.1 Å². The summed E-state index contributed by atoms with van der Waals surface area (Å²) >= 11 is 0. The van der Waals surface area contributed by atoms with Crippen LogP contribution < -0.4 is 5.73 Å². The van der Waals surface area contributed by atoms with Gasteiger partial charge in [-0.1, -0.05) is 24.3 Å². The van der Waals surface area contributed by atoms with Crippen molar-refractivity contribution in [2.75, 3.05) is 13.1 Å². The lowest BCUT2D eigenvalue weighted by Crippen LogP contribution is -2.41. The van der Waals surface area contributed by atoms with E-state index in [4.69, 9.17) is 10.2 Å². The Morgan fingerprint density at radius 2 is 1.63 bits per heavy atom. The van der Waals surface area contributed by atoms with Gasteiger partial charge in [0.05, 0.1) is 6.54 Å². The Bertz CT molecular complexity index is 1360. The van der Waals surface area contributed by atoms with Crippen molar-refractivity contribution in [1.29, 1.82) is 0 Å². The molecule has 0 aliphatic carbocycles. The number of hydrogen-bond acceptors (Lipinski definition) is 4. The summed E-state index contributed by atoms with van der Waals surface area (Å²) in [6.07, 6.45) is -1.55. The van der Waals surface area contributed by atoms with Crippen LogP contribution in [0.25, 0.3) is 33.2 Å². The van der Waals surface area contributed by atoms with Crippen LogP contribution in [0.1, 0.15) is 30.4 Å². The average Bonchev–Trinajstić information content (AvgIpc) is 3.28. The zero-order valence-electron chi connectivity index (χ0n) is 18.8. The predicted molar refractivity (Wildman–Crippen MR) is 126 cm³/mol. The van der Waals surface area contributed by atoms with Crippen LogP contribution in [0.5, 0.6) is 0 Å². The van der Waals surface area contributed by atoms with Crippen LogP contribution in [0.4, 0.5) is 17.6 Å². The Morgan fingerprint density at radius 3 is 2.31 bits per heavy atom. The highest BCUT2D eigenvalue weighted by Gasteiger charge is 2.36. The Morgan fingerprint density at radius 1 is 0.914 bits per heavy atom. The monoisotopic (exact) mass is 484 g/mol. The van der Waals surface area contributed by atoms with Gasteiger partial charge in [0, 0.05) is 42.4 Å². The number of likely N-dealkylation sites (tertiary alicyclic amines) is 1. The number of aliphatic hydroxyl groups excluding tert-OH is 1. The predicted octanol–water partition coefficient (Wildman–Crippen LogP) is 6.23. The highest BCUT2D eigenvalue weighted by atomic mass is 19.3. The average molecular weight is 484 g/mol. The van der Waals surface area contributed by atoms with E-state index in [1.165, 1.54) is 0 Å². The van der Waals surface area contributed by atoms with Gasteiger partial charge >= 0.3 is 0 Å². The minimum absolute atomic E-state index is 0.0729. The summed E-state index contributed by atoms with van der Waals surface area (Å²) in [7, 11) is 0. The lowest BCUT2D eigenvalue weighted by Gasteiger charge is -2.35. The summed E-state index contributed by atoms with van der Waals surface area (Å²) in [5.41, 5.74) is 8.71. The lowest BCUT2D eigenvalue weighted by atomic mass is 9.95. The molecule has 4 nitrogen and oxygen atoms in total. The van der Waals surface area contributed by atoms with Crippen LogP contribution in [0, 0.1) is 11.6 Å². The third-order valence-electron chi connectivity index (χ3n) is 6.50. The lowest BCUT2D eigenvalue weighted by molar-refractivity contribution is -0.0961. The first-order valence-electron chi connectivity index (χ1n) is 11.4. The number of halogens is 4. The van der Waals surface area contributed by atoms with E-state index in [1.807, 2.05) is 6.07 Å². The van der Waals surface area contributed by atoms with Crippen LogP contribution >= 0.6 is 0 Å². The van der Waals surface area contributed by atoms with Crippen molar-refractivity contribution in [2.45, 2.75) is 31.5 Å². The largest absolute Gasteiger partial charge is 0.459 e. The summed E-state index contributed by atoms with van der Waals surface area (Å²) in [4.78, 5) is 1.63. The fraction of sp³-hybridized carbons (Fsp3) is 0.259. The van der Waals surface area contributed by atoms with Crippen molar-refractivity contribution < 1.29 is 27.1 Å². The summed E-state index contributed by atoms with van der Waals surface area (Å²) in [6, 6.07) is 15.7. The third-order valence-corrected chi connectivity index (χ3v) is 6.50. The number of benzene rings is 3. The molecule has 1 fully saturated rings. The second-order valence-corrected chi connectivity index (χ2v) is 8.87. The number of nitrogens with two attached hydrogens (primary N) is 1. The number of nitrogens with zero attached hydrogens (tertiary/aromatic N) is 1. The van der Waals surface area contributed by atoms with E-state index < -0.39 is 23.8 Å². The first-order valence-corrected chi connectivity index (χ1v) is 11.4. The molecule has 5 rings (SSSR count). The molecule has 2 heterocycles. The topological polar surface area (TPSA) is 62.6 Å². The minimum atomic E-state index is -2.69. The van der Waals surface area contributed by atoms with Crippen LogP contribution in [0.3, 0.4) is 0 Å². The molecule has 1 aromatic heterocycles. The number of rotatable bonds is 5. The van der Waals surface area contributed by atoms with Gasteiger partial charge in [-0.2, -0.15) is 0 Å². The van der Waals surface area contributed by atoms with E-state index in [0.717, 1.165) is 29.3 Å². The molecule has 0 spiro atoms. The number of aliphatic hydroxyl groups is 1. The van der Waals surface area contributed by atoms with E-state index >= 15 is 0 Å². The second-order valence-electron chi connectivity index (χ2n) is 8.87. The molecule has 4 aromatic rings. The molecule has 1 saturated heterocycles. The molecule has 1 atom stereocenters. The van der Waals surface area contributed by atoms with E-state index in [-0.39, 0.29) is 38.0 Å². The summed E-state index contributed by atoms with van der Waals surface area (Å²) in [5.74, 6) is -3.32. The van der Waals surface area contributed by atoms with E-state index in [0.29, 0.717) is 27.9 Å². The summed E-state index contributed by atoms with van der Waals surface area (Å²) < 4.78 is 61.3. The van der Waals surface area contributed by atoms with Gasteiger partial charge in [-0.3, -0.25) is 4.90 Å². The third kappa shape index (κ3) is 4.69. The SMILES string of the molecule is NCc1cc2cc(-c3ccc(C(O)N4CCC(F)(F)CC4)cc3)cc(-c3cc(F)ccc3F)c2o1. The number of piperidine rings is 1. The van der Waals surface area contributed by atoms with Crippen molar-refractivity contribution in [2.24, 2.45) is 5.73 Å². The molecule has 0 bridgehead atoms. The maximum atomic E-state index is 14.7. The standard InChI is InChI=1S/C27H24F4N2O2/c28-20-5-6-24(29)22(14-20)23-13-18(11-19-12-21(15-32)35-25(19)23)16-1-3-17(4-2-16)26(34)33-9-7-27(30,31)8-10-33/h1-6,11-14,26,34H,7-10,15,32H2. The van der Waals surface area contributed by atoms with Crippen LogP contribution in [0.2, 0.25) is 0 Å². The fourth-order valence-corrected chi connectivity index (χ4v) is 4.53. The molecule has 35 heavy (non-hydrogen) atoms. The van der Waals surface area contributed by atoms with Crippen molar-refractivity contribution in [3.8, 4) is 22.3 Å². The molecule has 3 aromatic carbocycles. The maximum Gasteiger partial charge on any atom is 0.250 e. The minimum Gasteiger partial charge on any atom is -0.459 e. The highest BCUT2D eigenvalue weighted by Crippen LogP contribution is 2.38. The molecule has 0 amide bonds. The van der Waals surface area contributed by atoms with E-state index in [1.54, 1.807) is 41.3 Å². The number of fused-ring (bicyclic) bond motifs is 1. The smallest absolute Gasteiger partial charge is 0.250 e. The van der Waals surface area contributed by atoms with Crippen molar-refractivity contribution >= 4 is 11.0 Å². The normalized spacial score (nSPS) is 17.1. The first kappa shape index (κ1) is 23.5. The van der Waals surface area contributed by atoms with E-state index in [9.17, 15) is 22.7 Å². The molecule has 1 aliphatic heterocycles. The van der Waals surface area contributed by atoms with Gasteiger partial charge in [0.1, 0.15) is 29.2 Å². The number of alkyl halides is 2. The van der Waals surface area contributed by atoms with Crippen molar-refractivity contribution in [1.82, 2.24) is 4.90 Å². The molecule has 182 valence electrons. The van der Waals surface area contributed by atoms with Crippen LogP contribution in [-0.4, -0.2) is 29.0 Å². The van der Waals surface area contributed by atoms with Gasteiger partial charge in [0.15, 0.2) is 0 Å². The zero-order chi connectivity index (χ0) is 24.7. The van der Waals surface area contributed by atoms with Crippen LogP contribution in [0.15, 0.2) is 65.1 Å². The van der Waals surface area contributed by atoms with Crippen LogP contribution in [-0.2, 0) is 6.54 Å². The molecule has 1 aliphatic rings. The molecule has 0 radical (unpaired) electrons.